The van der Waals surface area contributed by atoms with Crippen LogP contribution in [0.1, 0.15) is 0 Å². The highest BCUT2D eigenvalue weighted by molar-refractivity contribution is 7.20. The minimum absolute atomic E-state index is 0.198. The second kappa shape index (κ2) is 23.6. The van der Waals surface area contributed by atoms with Crippen LogP contribution in [0.25, 0.3) is 49.7 Å². The summed E-state index contributed by atoms with van der Waals surface area (Å²) in [5.74, 6) is 0. The molecule has 0 aliphatic carbocycles. The Morgan fingerprint density at radius 3 is 1.06 bits per heavy atom. The van der Waals surface area contributed by atoms with Gasteiger partial charge in [-0.3, -0.25) is 0 Å². The number of para-hydroxylation sites is 3. The van der Waals surface area contributed by atoms with Crippen LogP contribution in [0.4, 0.5) is 34.1 Å². The van der Waals surface area contributed by atoms with Gasteiger partial charge in [-0.2, -0.15) is 0 Å². The maximum Gasteiger partial charge on any atom is 0.252 e. The van der Waals surface area contributed by atoms with Crippen LogP contribution in [0.3, 0.4) is 0 Å². The molecule has 0 fully saturated rings. The molecule has 0 N–H and O–H groups in total. The molecular weight excluding hydrogens is 1190 g/mol. The first kappa shape index (κ1) is 56.9. The molecule has 0 spiro atoms. The molecule has 6 heteroatoms. The number of nitrogens with zero attached hydrogens (tertiary/aromatic N) is 3. The zero-order valence-corrected chi connectivity index (χ0v) is 54.9. The third-order valence-corrected chi connectivity index (χ3v) is 30.0. The first-order chi connectivity index (χ1) is 47.7. The Morgan fingerprint density at radius 1 is 0.229 bits per heavy atom. The summed E-state index contributed by atoms with van der Waals surface area (Å²) < 4.78 is 2.53. The fraction of sp³-hybridized carbons (Fsp3) is 0. The van der Waals surface area contributed by atoms with Gasteiger partial charge in [0.15, 0.2) is 16.1 Å². The van der Waals surface area contributed by atoms with Crippen LogP contribution < -0.4 is 67.7 Å². The molecule has 2 aliphatic rings. The lowest BCUT2D eigenvalue weighted by Crippen LogP contribution is -2.74. The summed E-state index contributed by atoms with van der Waals surface area (Å²) in [5, 5.41) is 13.0. The number of anilines is 6. The number of benzene rings is 15. The highest BCUT2D eigenvalue weighted by atomic mass is 28.3. The Labute approximate surface area is 563 Å². The number of aromatic nitrogens is 1. The van der Waals surface area contributed by atoms with Gasteiger partial charge >= 0.3 is 0 Å². The first-order valence-electron chi connectivity index (χ1n) is 33.3. The monoisotopic (exact) mass is 1250 g/mol. The zero-order chi connectivity index (χ0) is 63.6. The van der Waals surface area contributed by atoms with E-state index in [0.717, 1.165) is 50.7 Å². The standard InChI is InChI=1S/C90H64BN3Si2/c1-9-32-65(33-10-1)67-58-59-86-83(60-67)91-82-55-31-54-79(66-34-11-2-12-35-66)90(82)94(69-37-30-51-78(62-69)96(74-44-19-6-20-45-74,75-46-21-7-22-47-75)76-48-23-8-24-49-76)88-64-70(93-84-56-27-25-52-80(84)81-53-26-28-57-85(81)93)63-87(89(88)91)92(86)68-36-29-50-77(61-68)95(71-38-13-3-14-39-71,72-40-15-4-16-41-72)73-42-17-5-18-43-73/h1-64H. The molecule has 0 saturated heterocycles. The minimum Gasteiger partial charge on any atom is -0.311 e. The van der Waals surface area contributed by atoms with E-state index in [2.05, 4.69) is 403 Å². The molecule has 3 heterocycles. The van der Waals surface area contributed by atoms with Gasteiger partial charge in [-0.1, -0.05) is 334 Å². The molecule has 16 aromatic rings. The molecular formula is C90H64BN3Si2. The summed E-state index contributed by atoms with van der Waals surface area (Å²) in [6.45, 7) is -0.198. The molecule has 0 atom stereocenters. The fourth-order valence-electron chi connectivity index (χ4n) is 16.5. The topological polar surface area (TPSA) is 11.4 Å². The predicted octanol–water partition coefficient (Wildman–Crippen LogP) is 15.0. The molecule has 0 bridgehead atoms. The van der Waals surface area contributed by atoms with Crippen molar-refractivity contribution in [2.45, 2.75) is 0 Å². The number of hydrogen-bond donors (Lipinski definition) is 0. The molecule has 2 aliphatic heterocycles. The van der Waals surface area contributed by atoms with Crippen LogP contribution in [0, 0.1) is 0 Å². The van der Waals surface area contributed by atoms with E-state index < -0.39 is 16.1 Å². The molecule has 1 aromatic heterocycles. The maximum absolute atomic E-state index is 3.06. The molecule has 3 nitrogen and oxygen atoms in total. The van der Waals surface area contributed by atoms with Gasteiger partial charge in [-0.15, -0.1) is 0 Å². The lowest BCUT2D eigenvalue weighted by atomic mass is 9.33. The van der Waals surface area contributed by atoms with Crippen LogP contribution in [-0.4, -0.2) is 27.4 Å². The first-order valence-corrected chi connectivity index (χ1v) is 37.3. The van der Waals surface area contributed by atoms with Crippen LogP contribution in [0.2, 0.25) is 0 Å². The highest BCUT2D eigenvalue weighted by Crippen LogP contribution is 2.49. The van der Waals surface area contributed by atoms with Crippen molar-refractivity contribution in [2.24, 2.45) is 0 Å². The van der Waals surface area contributed by atoms with Crippen LogP contribution in [-0.2, 0) is 0 Å². The molecule has 0 radical (unpaired) electrons. The van der Waals surface area contributed by atoms with Crippen molar-refractivity contribution >= 4 is 137 Å². The summed E-state index contributed by atoms with van der Waals surface area (Å²) in [5.41, 5.74) is 18.6. The van der Waals surface area contributed by atoms with Crippen molar-refractivity contribution in [1.82, 2.24) is 4.57 Å². The lowest BCUT2D eigenvalue weighted by molar-refractivity contribution is 1.16. The average Bonchev–Trinajstić information content (AvgIpc) is 0.747. The number of rotatable bonds is 13. The largest absolute Gasteiger partial charge is 0.311 e. The third kappa shape index (κ3) is 9.01. The van der Waals surface area contributed by atoms with Crippen molar-refractivity contribution in [3.63, 3.8) is 0 Å². The van der Waals surface area contributed by atoms with Gasteiger partial charge in [0.05, 0.1) is 16.7 Å². The van der Waals surface area contributed by atoms with Gasteiger partial charge < -0.3 is 14.4 Å². The van der Waals surface area contributed by atoms with E-state index in [1.807, 2.05) is 0 Å². The maximum atomic E-state index is 2.67. The Hall–Kier alpha value is -11.8. The Balaban J connectivity index is 0.985. The van der Waals surface area contributed by atoms with Crippen molar-refractivity contribution < 1.29 is 0 Å². The Bertz CT molecular complexity index is 5290. The molecule has 15 aromatic carbocycles. The normalized spacial score (nSPS) is 12.5. The SMILES string of the molecule is c1ccc(-c2ccc3c(c2)B2c4cccc(-c5ccccc5)c4N(c4cccc([Si](c5ccccc5)(c5ccccc5)c5ccccc5)c4)c4cc(-n5c6ccccc6c6ccccc65)cc(c42)N3c2cccc([Si](c3ccccc3)(c3ccccc3)c3ccccc3)c2)cc1. The summed E-state index contributed by atoms with van der Waals surface area (Å²) in [6, 6.07) is 147. The molecule has 0 saturated carbocycles. The number of fused-ring (bicyclic) bond motifs is 7. The third-order valence-electron chi connectivity index (χ3n) is 20.4. The summed E-state index contributed by atoms with van der Waals surface area (Å²) in [4.78, 5) is 5.31. The average molecular weight is 1250 g/mol. The fourth-order valence-corrected chi connectivity index (χ4v) is 26.0. The second-order valence-electron chi connectivity index (χ2n) is 25.4. The van der Waals surface area contributed by atoms with Crippen LogP contribution in [0.15, 0.2) is 388 Å². The molecule has 450 valence electrons. The summed E-state index contributed by atoms with van der Waals surface area (Å²) >= 11 is 0. The van der Waals surface area contributed by atoms with Gasteiger partial charge in [0.2, 0.25) is 0 Å². The van der Waals surface area contributed by atoms with Crippen molar-refractivity contribution in [1.29, 1.82) is 0 Å². The Kier molecular flexibility index (Phi) is 14.0. The van der Waals surface area contributed by atoms with E-state index in [4.69, 9.17) is 0 Å². The lowest BCUT2D eigenvalue weighted by Gasteiger charge is -2.45. The van der Waals surface area contributed by atoms with E-state index in [1.54, 1.807) is 0 Å². The van der Waals surface area contributed by atoms with Crippen LogP contribution >= 0.6 is 0 Å². The van der Waals surface area contributed by atoms with E-state index in [-0.39, 0.29) is 6.71 Å². The number of hydrogen-bond acceptors (Lipinski definition) is 2. The zero-order valence-electron chi connectivity index (χ0n) is 52.9. The van der Waals surface area contributed by atoms with E-state index in [9.17, 15) is 0 Å². The van der Waals surface area contributed by atoms with Crippen molar-refractivity contribution in [3.8, 4) is 27.9 Å². The molecule has 18 rings (SSSR count). The van der Waals surface area contributed by atoms with Crippen molar-refractivity contribution in [3.05, 3.63) is 388 Å². The molecule has 96 heavy (non-hydrogen) atoms. The Morgan fingerprint density at radius 2 is 0.604 bits per heavy atom. The quantitative estimate of drug-likeness (QED) is 0.0842. The second-order valence-corrected chi connectivity index (χ2v) is 33.0. The van der Waals surface area contributed by atoms with Crippen molar-refractivity contribution in [2.75, 3.05) is 9.80 Å². The highest BCUT2D eigenvalue weighted by Gasteiger charge is 2.48. The van der Waals surface area contributed by atoms with E-state index in [1.165, 1.54) is 91.0 Å². The van der Waals surface area contributed by atoms with E-state index >= 15 is 0 Å². The minimum atomic E-state index is -3.06. The van der Waals surface area contributed by atoms with E-state index in [0.29, 0.717) is 0 Å². The van der Waals surface area contributed by atoms with Gasteiger partial charge in [-0.05, 0) is 129 Å². The van der Waals surface area contributed by atoms with Gasteiger partial charge in [0.25, 0.3) is 6.71 Å². The van der Waals surface area contributed by atoms with Crippen LogP contribution in [0.5, 0.6) is 0 Å². The molecule has 0 unspecified atom stereocenters. The van der Waals surface area contributed by atoms with Gasteiger partial charge in [0, 0.05) is 50.5 Å². The summed E-state index contributed by atoms with van der Waals surface area (Å²) in [6.07, 6.45) is 0. The summed E-state index contributed by atoms with van der Waals surface area (Å²) in [7, 11) is -6.10. The predicted molar refractivity (Wildman–Crippen MR) is 413 cm³/mol. The van der Waals surface area contributed by atoms with Gasteiger partial charge in [0.1, 0.15) is 0 Å². The smallest absolute Gasteiger partial charge is 0.252 e. The molecule has 0 amide bonds. The van der Waals surface area contributed by atoms with Gasteiger partial charge in [-0.25, -0.2) is 0 Å².